The van der Waals surface area contributed by atoms with Crippen molar-refractivity contribution >= 4 is 34.6 Å². The highest BCUT2D eigenvalue weighted by Crippen LogP contribution is 2.39. The molecule has 1 fully saturated rings. The fraction of sp³-hybridized carbons (Fsp3) is 0.524. The summed E-state index contributed by atoms with van der Waals surface area (Å²) in [5.41, 5.74) is 1.26. The number of rotatable bonds is 5. The first-order valence-corrected chi connectivity index (χ1v) is 11.7. The monoisotopic (exact) mass is 418 g/mol. The summed E-state index contributed by atoms with van der Waals surface area (Å²) < 4.78 is 5.25. The van der Waals surface area contributed by atoms with Crippen molar-refractivity contribution in [3.63, 3.8) is 0 Å². The Balaban J connectivity index is 1.54. The van der Waals surface area contributed by atoms with Gasteiger partial charge in [0.2, 0.25) is 5.91 Å². The van der Waals surface area contributed by atoms with Crippen LogP contribution in [0.1, 0.15) is 47.5 Å². The molecule has 150 valence electrons. The van der Waals surface area contributed by atoms with Crippen molar-refractivity contribution in [2.45, 2.75) is 44.7 Å². The van der Waals surface area contributed by atoms with Crippen LogP contribution < -0.4 is 0 Å². The summed E-state index contributed by atoms with van der Waals surface area (Å²) in [4.78, 5) is 32.3. The van der Waals surface area contributed by atoms with Crippen molar-refractivity contribution in [3.8, 4) is 0 Å². The van der Waals surface area contributed by atoms with Crippen molar-refractivity contribution < 1.29 is 14.3 Å². The largest absolute Gasteiger partial charge is 0.465 e. The molecule has 2 aromatic heterocycles. The fourth-order valence-electron chi connectivity index (χ4n) is 4.29. The van der Waals surface area contributed by atoms with Crippen LogP contribution in [0, 0.1) is 0 Å². The standard InChI is InChI=1S/C21H26N2O3S2/c1-2-26-21(25)16-6-3-4-10-22(16)14-19(24)23-11-8-17-15(9-13-28-17)20(23)18-7-5-12-27-18/h5,7,9,12-13,16,20H,2-4,6,8,10-11,14H2,1H3/t16-,20-/m0/s1. The Bertz CT molecular complexity index is 817. The molecule has 28 heavy (non-hydrogen) atoms. The van der Waals surface area contributed by atoms with Gasteiger partial charge in [0, 0.05) is 16.3 Å². The van der Waals surface area contributed by atoms with Gasteiger partial charge in [0.1, 0.15) is 6.04 Å². The SMILES string of the molecule is CCOC(=O)[C@@H]1CCCCN1CC(=O)N1CCc2sccc2[C@H]1c1cccs1. The first-order valence-electron chi connectivity index (χ1n) is 9.99. The summed E-state index contributed by atoms with van der Waals surface area (Å²) in [6.45, 7) is 3.99. The second-order valence-corrected chi connectivity index (χ2v) is 9.27. The van der Waals surface area contributed by atoms with Crippen molar-refractivity contribution in [2.75, 3.05) is 26.2 Å². The molecule has 2 aliphatic rings. The van der Waals surface area contributed by atoms with Gasteiger partial charge in [-0.1, -0.05) is 12.5 Å². The van der Waals surface area contributed by atoms with Crippen LogP contribution in [-0.2, 0) is 20.7 Å². The minimum absolute atomic E-state index is 0.00617. The zero-order valence-electron chi connectivity index (χ0n) is 16.1. The molecule has 0 spiro atoms. The third-order valence-corrected chi connectivity index (χ3v) is 7.53. The van der Waals surface area contributed by atoms with Gasteiger partial charge in [0.05, 0.1) is 19.2 Å². The number of carbonyl (C=O) groups excluding carboxylic acids is 2. The van der Waals surface area contributed by atoms with E-state index in [9.17, 15) is 9.59 Å². The van der Waals surface area contributed by atoms with Gasteiger partial charge in [-0.3, -0.25) is 14.5 Å². The van der Waals surface area contributed by atoms with E-state index in [1.165, 1.54) is 15.3 Å². The molecule has 4 heterocycles. The quantitative estimate of drug-likeness (QED) is 0.695. The van der Waals surface area contributed by atoms with E-state index >= 15 is 0 Å². The van der Waals surface area contributed by atoms with E-state index in [1.807, 2.05) is 22.8 Å². The van der Waals surface area contributed by atoms with Gasteiger partial charge in [0.25, 0.3) is 0 Å². The Labute approximate surface area is 173 Å². The summed E-state index contributed by atoms with van der Waals surface area (Å²) in [5, 5.41) is 4.20. The highest BCUT2D eigenvalue weighted by atomic mass is 32.1. The molecule has 1 saturated heterocycles. The maximum absolute atomic E-state index is 13.4. The summed E-state index contributed by atoms with van der Waals surface area (Å²) >= 11 is 3.48. The zero-order chi connectivity index (χ0) is 19.5. The number of nitrogens with zero attached hydrogens (tertiary/aromatic N) is 2. The number of carbonyl (C=O) groups is 2. The van der Waals surface area contributed by atoms with Crippen LogP contribution in [0.25, 0.3) is 0 Å². The highest BCUT2D eigenvalue weighted by molar-refractivity contribution is 7.10. The third-order valence-electron chi connectivity index (χ3n) is 5.61. The minimum atomic E-state index is -0.292. The molecule has 2 aliphatic heterocycles. The van der Waals surface area contributed by atoms with Crippen molar-refractivity contribution in [2.24, 2.45) is 0 Å². The summed E-state index contributed by atoms with van der Waals surface area (Å²) in [6, 6.07) is 6.02. The number of thiophene rings is 2. The van der Waals surface area contributed by atoms with Crippen LogP contribution in [0.4, 0.5) is 0 Å². The lowest BCUT2D eigenvalue weighted by Gasteiger charge is -2.39. The van der Waals surface area contributed by atoms with Gasteiger partial charge in [0.15, 0.2) is 0 Å². The fourth-order valence-corrected chi connectivity index (χ4v) is 6.05. The Morgan fingerprint density at radius 3 is 2.86 bits per heavy atom. The van der Waals surface area contributed by atoms with E-state index in [2.05, 4.69) is 22.9 Å². The molecule has 0 saturated carbocycles. The Morgan fingerprint density at radius 2 is 2.07 bits per heavy atom. The predicted molar refractivity (Wildman–Crippen MR) is 112 cm³/mol. The van der Waals surface area contributed by atoms with Gasteiger partial charge in [-0.05, 0) is 61.2 Å². The van der Waals surface area contributed by atoms with Crippen LogP contribution in [0.15, 0.2) is 29.0 Å². The van der Waals surface area contributed by atoms with Crippen LogP contribution in [0.3, 0.4) is 0 Å². The van der Waals surface area contributed by atoms with E-state index in [0.717, 1.165) is 38.8 Å². The topological polar surface area (TPSA) is 49.9 Å². The van der Waals surface area contributed by atoms with Crippen molar-refractivity contribution in [1.29, 1.82) is 0 Å². The van der Waals surface area contributed by atoms with Gasteiger partial charge in [-0.2, -0.15) is 0 Å². The zero-order valence-corrected chi connectivity index (χ0v) is 17.8. The molecule has 0 radical (unpaired) electrons. The number of hydrogen-bond acceptors (Lipinski definition) is 6. The molecule has 2 atom stereocenters. The normalized spacial score (nSPS) is 22.7. The van der Waals surface area contributed by atoms with E-state index in [1.54, 1.807) is 22.7 Å². The average Bonchev–Trinajstić information content (AvgIpc) is 3.39. The van der Waals surface area contributed by atoms with Crippen LogP contribution in [0.5, 0.6) is 0 Å². The number of ether oxygens (including phenoxy) is 1. The summed E-state index contributed by atoms with van der Waals surface area (Å²) in [7, 11) is 0. The van der Waals surface area contributed by atoms with Crippen molar-refractivity contribution in [3.05, 3.63) is 44.3 Å². The molecule has 0 aromatic carbocycles. The number of likely N-dealkylation sites (tertiary alicyclic amines) is 1. The Morgan fingerprint density at radius 1 is 1.18 bits per heavy atom. The third kappa shape index (κ3) is 3.88. The van der Waals surface area contributed by atoms with Gasteiger partial charge < -0.3 is 9.64 Å². The van der Waals surface area contributed by atoms with Gasteiger partial charge in [-0.25, -0.2) is 0 Å². The van der Waals surface area contributed by atoms with Gasteiger partial charge in [-0.15, -0.1) is 22.7 Å². The van der Waals surface area contributed by atoms with E-state index in [4.69, 9.17) is 4.74 Å². The molecular formula is C21H26N2O3S2. The average molecular weight is 419 g/mol. The second kappa shape index (κ2) is 8.76. The molecular weight excluding hydrogens is 392 g/mol. The smallest absolute Gasteiger partial charge is 0.323 e. The molecule has 0 N–H and O–H groups in total. The number of esters is 1. The molecule has 1 amide bonds. The molecule has 4 rings (SSSR count). The second-order valence-electron chi connectivity index (χ2n) is 7.29. The molecule has 5 nitrogen and oxygen atoms in total. The van der Waals surface area contributed by atoms with Gasteiger partial charge >= 0.3 is 5.97 Å². The predicted octanol–water partition coefficient (Wildman–Crippen LogP) is 3.70. The number of amides is 1. The van der Waals surface area contributed by atoms with Crippen LogP contribution >= 0.6 is 22.7 Å². The van der Waals surface area contributed by atoms with E-state index in [0.29, 0.717) is 6.61 Å². The summed E-state index contributed by atoms with van der Waals surface area (Å²) in [5.74, 6) is -0.0879. The number of fused-ring (bicyclic) bond motifs is 1. The number of hydrogen-bond donors (Lipinski definition) is 0. The van der Waals surface area contributed by atoms with E-state index < -0.39 is 0 Å². The summed E-state index contributed by atoms with van der Waals surface area (Å²) in [6.07, 6.45) is 3.71. The maximum atomic E-state index is 13.4. The maximum Gasteiger partial charge on any atom is 0.323 e. The van der Waals surface area contributed by atoms with Crippen LogP contribution in [-0.4, -0.2) is 54.0 Å². The Kier molecular flexibility index (Phi) is 6.13. The molecule has 0 aliphatic carbocycles. The first kappa shape index (κ1) is 19.6. The van der Waals surface area contributed by atoms with Crippen molar-refractivity contribution in [1.82, 2.24) is 9.80 Å². The molecule has 0 bridgehead atoms. The van der Waals surface area contributed by atoms with E-state index in [-0.39, 0.29) is 30.5 Å². The minimum Gasteiger partial charge on any atom is -0.465 e. The molecule has 7 heteroatoms. The molecule has 0 unspecified atom stereocenters. The van der Waals surface area contributed by atoms with Crippen LogP contribution in [0.2, 0.25) is 0 Å². The Hall–Kier alpha value is -1.70. The lowest BCUT2D eigenvalue weighted by Crippen LogP contribution is -2.51. The lowest BCUT2D eigenvalue weighted by molar-refractivity contribution is -0.152. The highest BCUT2D eigenvalue weighted by Gasteiger charge is 2.36. The molecule has 2 aromatic rings. The number of piperidine rings is 1. The first-order chi connectivity index (χ1) is 13.7. The lowest BCUT2D eigenvalue weighted by atomic mass is 9.98.